The zero-order chi connectivity index (χ0) is 16.4. The summed E-state index contributed by atoms with van der Waals surface area (Å²) < 4.78 is 0. The van der Waals surface area contributed by atoms with E-state index in [1.165, 1.54) is 31.2 Å². The van der Waals surface area contributed by atoms with Gasteiger partial charge >= 0.3 is 0 Å². The lowest BCUT2D eigenvalue weighted by molar-refractivity contribution is -0.128. The lowest BCUT2D eigenvalue weighted by Gasteiger charge is -2.37. The molecule has 0 spiro atoms. The fourth-order valence-corrected chi connectivity index (χ4v) is 4.77. The third-order valence-electron chi connectivity index (χ3n) is 5.96. The minimum atomic E-state index is 0.0477. The molecule has 0 aliphatic carbocycles. The van der Waals surface area contributed by atoms with Gasteiger partial charge in [-0.25, -0.2) is 0 Å². The molecule has 1 aromatic carbocycles. The van der Waals surface area contributed by atoms with Crippen molar-refractivity contribution in [1.82, 2.24) is 15.5 Å². The summed E-state index contributed by atoms with van der Waals surface area (Å²) in [7, 11) is 0. The molecule has 0 saturated carbocycles. The van der Waals surface area contributed by atoms with Crippen LogP contribution in [0.5, 0.6) is 0 Å². The molecule has 4 rings (SSSR count). The van der Waals surface area contributed by atoms with Crippen molar-refractivity contribution in [3.63, 3.8) is 0 Å². The van der Waals surface area contributed by atoms with Crippen LogP contribution in [0, 0.1) is 0 Å². The van der Waals surface area contributed by atoms with E-state index in [0.717, 1.165) is 32.4 Å². The maximum absolute atomic E-state index is 12.9. The maximum Gasteiger partial charge on any atom is 0.237 e. The van der Waals surface area contributed by atoms with Crippen LogP contribution >= 0.6 is 0 Å². The second-order valence-electron chi connectivity index (χ2n) is 7.78. The SMILES string of the molecule is O=C(NC1CC2CCC(C1)N2)C1CCCCN1Cc1ccccc1. The molecule has 2 bridgehead atoms. The Balaban J connectivity index is 1.38. The van der Waals surface area contributed by atoms with Crippen LogP contribution < -0.4 is 10.6 Å². The molecule has 4 heteroatoms. The number of rotatable bonds is 4. The molecule has 4 nitrogen and oxygen atoms in total. The van der Waals surface area contributed by atoms with Crippen molar-refractivity contribution in [2.75, 3.05) is 6.54 Å². The molecule has 0 aromatic heterocycles. The van der Waals surface area contributed by atoms with Gasteiger partial charge in [-0.15, -0.1) is 0 Å². The number of carbonyl (C=O) groups excluding carboxylic acids is 1. The number of nitrogens with one attached hydrogen (secondary N) is 2. The third kappa shape index (κ3) is 3.65. The van der Waals surface area contributed by atoms with E-state index in [2.05, 4.69) is 45.9 Å². The molecule has 24 heavy (non-hydrogen) atoms. The molecule has 130 valence electrons. The number of amides is 1. The largest absolute Gasteiger partial charge is 0.352 e. The number of benzene rings is 1. The summed E-state index contributed by atoms with van der Waals surface area (Å²) >= 11 is 0. The van der Waals surface area contributed by atoms with E-state index in [-0.39, 0.29) is 11.9 Å². The highest BCUT2D eigenvalue weighted by atomic mass is 16.2. The second kappa shape index (κ2) is 7.24. The second-order valence-corrected chi connectivity index (χ2v) is 7.78. The van der Waals surface area contributed by atoms with Crippen LogP contribution in [0.3, 0.4) is 0 Å². The number of likely N-dealkylation sites (tertiary alicyclic amines) is 1. The average molecular weight is 327 g/mol. The summed E-state index contributed by atoms with van der Waals surface area (Å²) in [6.07, 6.45) is 8.13. The number of fused-ring (bicyclic) bond motifs is 2. The van der Waals surface area contributed by atoms with Gasteiger partial charge in [0.05, 0.1) is 6.04 Å². The van der Waals surface area contributed by atoms with Crippen molar-refractivity contribution in [2.45, 2.75) is 75.7 Å². The first kappa shape index (κ1) is 16.1. The molecular weight excluding hydrogens is 298 g/mol. The van der Waals surface area contributed by atoms with Crippen LogP contribution in [-0.4, -0.2) is 41.5 Å². The maximum atomic E-state index is 12.9. The van der Waals surface area contributed by atoms with E-state index >= 15 is 0 Å². The summed E-state index contributed by atoms with van der Waals surface area (Å²) in [5.74, 6) is 0.261. The Labute approximate surface area is 145 Å². The summed E-state index contributed by atoms with van der Waals surface area (Å²) in [5.41, 5.74) is 1.30. The van der Waals surface area contributed by atoms with Crippen molar-refractivity contribution < 1.29 is 4.79 Å². The topological polar surface area (TPSA) is 44.4 Å². The first-order valence-electron chi connectivity index (χ1n) is 9.62. The lowest BCUT2D eigenvalue weighted by Crippen LogP contribution is -2.54. The molecule has 1 amide bonds. The highest BCUT2D eigenvalue weighted by molar-refractivity contribution is 5.82. The number of nitrogens with zero attached hydrogens (tertiary/aromatic N) is 1. The van der Waals surface area contributed by atoms with Crippen LogP contribution in [0.4, 0.5) is 0 Å². The van der Waals surface area contributed by atoms with Gasteiger partial charge in [0.1, 0.15) is 0 Å². The Morgan fingerprint density at radius 2 is 1.83 bits per heavy atom. The number of piperidine rings is 2. The molecular formula is C20H29N3O. The van der Waals surface area contributed by atoms with Crippen molar-refractivity contribution in [1.29, 1.82) is 0 Å². The number of carbonyl (C=O) groups is 1. The van der Waals surface area contributed by atoms with Crippen LogP contribution in [0.15, 0.2) is 30.3 Å². The number of hydrogen-bond donors (Lipinski definition) is 2. The van der Waals surface area contributed by atoms with Crippen molar-refractivity contribution >= 4 is 5.91 Å². The molecule has 3 aliphatic heterocycles. The van der Waals surface area contributed by atoms with Crippen LogP contribution in [0.25, 0.3) is 0 Å². The van der Waals surface area contributed by atoms with Gasteiger partial charge in [0, 0.05) is 24.7 Å². The Bertz CT molecular complexity index is 549. The van der Waals surface area contributed by atoms with Crippen LogP contribution in [-0.2, 0) is 11.3 Å². The minimum Gasteiger partial charge on any atom is -0.352 e. The Morgan fingerprint density at radius 3 is 2.58 bits per heavy atom. The Hall–Kier alpha value is -1.39. The van der Waals surface area contributed by atoms with Gasteiger partial charge in [0.25, 0.3) is 0 Å². The van der Waals surface area contributed by atoms with E-state index in [1.54, 1.807) is 0 Å². The molecule has 3 atom stereocenters. The molecule has 3 aliphatic rings. The summed E-state index contributed by atoms with van der Waals surface area (Å²) in [5, 5.41) is 7.04. The van der Waals surface area contributed by atoms with E-state index < -0.39 is 0 Å². The van der Waals surface area contributed by atoms with Crippen LogP contribution in [0.1, 0.15) is 50.5 Å². The zero-order valence-electron chi connectivity index (χ0n) is 14.4. The fourth-order valence-electron chi connectivity index (χ4n) is 4.77. The quantitative estimate of drug-likeness (QED) is 0.893. The van der Waals surface area contributed by atoms with E-state index in [1.807, 2.05) is 0 Å². The standard InChI is InChI=1S/C20H29N3O/c24-20(22-18-12-16-9-10-17(13-18)21-16)19-8-4-5-11-23(19)14-15-6-2-1-3-7-15/h1-3,6-7,16-19,21H,4-5,8-14H2,(H,22,24). The predicted octanol–water partition coefficient (Wildman–Crippen LogP) is 2.44. The van der Waals surface area contributed by atoms with Gasteiger partial charge in [0.2, 0.25) is 5.91 Å². The van der Waals surface area contributed by atoms with Crippen LogP contribution in [0.2, 0.25) is 0 Å². The van der Waals surface area contributed by atoms with E-state index in [0.29, 0.717) is 18.1 Å². The lowest BCUT2D eigenvalue weighted by atomic mass is 9.97. The summed E-state index contributed by atoms with van der Waals surface area (Å²) in [6, 6.07) is 12.2. The molecule has 1 aromatic rings. The van der Waals surface area contributed by atoms with Gasteiger partial charge in [-0.05, 0) is 50.6 Å². The third-order valence-corrected chi connectivity index (χ3v) is 5.96. The molecule has 3 unspecified atom stereocenters. The smallest absolute Gasteiger partial charge is 0.237 e. The van der Waals surface area contributed by atoms with Crippen molar-refractivity contribution in [3.05, 3.63) is 35.9 Å². The molecule has 3 saturated heterocycles. The van der Waals surface area contributed by atoms with E-state index in [9.17, 15) is 4.79 Å². The Kier molecular flexibility index (Phi) is 4.86. The summed E-state index contributed by atoms with van der Waals surface area (Å²) in [4.78, 5) is 15.3. The van der Waals surface area contributed by atoms with Gasteiger partial charge < -0.3 is 10.6 Å². The average Bonchev–Trinajstić information content (AvgIpc) is 2.95. The van der Waals surface area contributed by atoms with Gasteiger partial charge in [-0.1, -0.05) is 36.8 Å². The summed E-state index contributed by atoms with van der Waals surface area (Å²) in [6.45, 7) is 1.92. The normalized spacial score (nSPS) is 33.3. The molecule has 3 heterocycles. The molecule has 0 radical (unpaired) electrons. The predicted molar refractivity (Wildman–Crippen MR) is 95.6 cm³/mol. The fraction of sp³-hybridized carbons (Fsp3) is 0.650. The highest BCUT2D eigenvalue weighted by Crippen LogP contribution is 2.27. The van der Waals surface area contributed by atoms with Gasteiger partial charge in [-0.3, -0.25) is 9.69 Å². The Morgan fingerprint density at radius 1 is 1.08 bits per heavy atom. The minimum absolute atomic E-state index is 0.0477. The van der Waals surface area contributed by atoms with Gasteiger partial charge in [0.15, 0.2) is 0 Å². The first-order chi connectivity index (χ1) is 11.8. The first-order valence-corrected chi connectivity index (χ1v) is 9.62. The van der Waals surface area contributed by atoms with Crippen molar-refractivity contribution in [3.8, 4) is 0 Å². The van der Waals surface area contributed by atoms with Gasteiger partial charge in [-0.2, -0.15) is 0 Å². The monoisotopic (exact) mass is 327 g/mol. The van der Waals surface area contributed by atoms with Crippen molar-refractivity contribution in [2.24, 2.45) is 0 Å². The molecule has 2 N–H and O–H groups in total. The molecule has 3 fully saturated rings. The number of hydrogen-bond acceptors (Lipinski definition) is 3. The highest BCUT2D eigenvalue weighted by Gasteiger charge is 2.36. The zero-order valence-corrected chi connectivity index (χ0v) is 14.4. The van der Waals surface area contributed by atoms with E-state index in [4.69, 9.17) is 0 Å².